The Labute approximate surface area is 154 Å². The first-order valence-electron chi connectivity index (χ1n) is 7.58. The SMILES string of the molecule is CCN1CCc2cc(NS(=O)(=O)c3cccc(Cl)c3C)ccc21.Cl. The minimum atomic E-state index is -3.65. The molecular weight excluding hydrogens is 367 g/mol. The molecule has 1 N–H and O–H groups in total. The van der Waals surface area contributed by atoms with E-state index >= 15 is 0 Å². The van der Waals surface area contributed by atoms with Crippen LogP contribution >= 0.6 is 24.0 Å². The van der Waals surface area contributed by atoms with Crippen LogP contribution in [0.3, 0.4) is 0 Å². The fourth-order valence-corrected chi connectivity index (χ4v) is 4.50. The normalized spacial score (nSPS) is 13.4. The van der Waals surface area contributed by atoms with E-state index in [0.717, 1.165) is 19.5 Å². The Morgan fingerprint density at radius 3 is 2.71 bits per heavy atom. The van der Waals surface area contributed by atoms with Gasteiger partial charge >= 0.3 is 0 Å². The van der Waals surface area contributed by atoms with E-state index in [1.165, 1.54) is 11.3 Å². The third kappa shape index (κ3) is 3.48. The Balaban J connectivity index is 0.00000208. The van der Waals surface area contributed by atoms with Gasteiger partial charge in [-0.05, 0) is 61.7 Å². The fourth-order valence-electron chi connectivity index (χ4n) is 2.95. The molecule has 2 aromatic carbocycles. The molecule has 130 valence electrons. The number of sulfonamides is 1. The summed E-state index contributed by atoms with van der Waals surface area (Å²) in [5.41, 5.74) is 3.50. The molecule has 0 fully saturated rings. The van der Waals surface area contributed by atoms with Gasteiger partial charge in [0, 0.05) is 29.5 Å². The molecule has 0 atom stereocenters. The maximum absolute atomic E-state index is 12.6. The predicted octanol–water partition coefficient (Wildman–Crippen LogP) is 4.25. The summed E-state index contributed by atoms with van der Waals surface area (Å²) >= 11 is 6.03. The molecule has 0 aromatic heterocycles. The van der Waals surface area contributed by atoms with Crippen LogP contribution in [0.25, 0.3) is 0 Å². The Hall–Kier alpha value is -1.43. The lowest BCUT2D eigenvalue weighted by atomic mass is 10.1. The zero-order valence-corrected chi connectivity index (χ0v) is 15.9. The van der Waals surface area contributed by atoms with E-state index in [1.807, 2.05) is 18.2 Å². The second kappa shape index (κ2) is 7.21. The number of halogens is 2. The molecule has 1 aliphatic rings. The number of hydrogen-bond acceptors (Lipinski definition) is 3. The van der Waals surface area contributed by atoms with Crippen molar-refractivity contribution in [1.82, 2.24) is 0 Å². The highest BCUT2D eigenvalue weighted by molar-refractivity contribution is 7.92. The van der Waals surface area contributed by atoms with Crippen LogP contribution in [0.4, 0.5) is 11.4 Å². The van der Waals surface area contributed by atoms with Crippen molar-refractivity contribution in [2.75, 3.05) is 22.7 Å². The number of nitrogens with one attached hydrogen (secondary N) is 1. The van der Waals surface area contributed by atoms with Crippen LogP contribution in [0.2, 0.25) is 5.02 Å². The predicted molar refractivity (Wildman–Crippen MR) is 102 cm³/mol. The van der Waals surface area contributed by atoms with E-state index in [-0.39, 0.29) is 17.3 Å². The maximum atomic E-state index is 12.6. The largest absolute Gasteiger partial charge is 0.371 e. The van der Waals surface area contributed by atoms with Crippen molar-refractivity contribution >= 4 is 45.4 Å². The van der Waals surface area contributed by atoms with Crippen molar-refractivity contribution < 1.29 is 8.42 Å². The third-order valence-electron chi connectivity index (χ3n) is 4.21. The van der Waals surface area contributed by atoms with E-state index in [0.29, 0.717) is 16.3 Å². The van der Waals surface area contributed by atoms with E-state index in [4.69, 9.17) is 11.6 Å². The number of likely N-dealkylation sites (N-methyl/N-ethyl adjacent to an activating group) is 1. The first kappa shape index (κ1) is 18.9. The van der Waals surface area contributed by atoms with Gasteiger partial charge in [0.1, 0.15) is 0 Å². The molecule has 0 bridgehead atoms. The summed E-state index contributed by atoms with van der Waals surface area (Å²) in [6.45, 7) is 5.77. The monoisotopic (exact) mass is 386 g/mol. The highest BCUT2D eigenvalue weighted by Gasteiger charge is 2.21. The minimum absolute atomic E-state index is 0. The molecule has 0 spiro atoms. The third-order valence-corrected chi connectivity index (χ3v) is 6.15. The molecule has 0 unspecified atom stereocenters. The molecule has 0 radical (unpaired) electrons. The van der Waals surface area contributed by atoms with E-state index in [9.17, 15) is 8.42 Å². The quantitative estimate of drug-likeness (QED) is 0.853. The van der Waals surface area contributed by atoms with E-state index in [1.54, 1.807) is 25.1 Å². The van der Waals surface area contributed by atoms with Gasteiger partial charge in [0.15, 0.2) is 0 Å². The van der Waals surface area contributed by atoms with Gasteiger partial charge in [-0.15, -0.1) is 12.4 Å². The van der Waals surface area contributed by atoms with Crippen LogP contribution in [-0.4, -0.2) is 21.5 Å². The van der Waals surface area contributed by atoms with Crippen molar-refractivity contribution in [3.05, 3.63) is 52.5 Å². The molecule has 1 heterocycles. The molecule has 4 nitrogen and oxygen atoms in total. The van der Waals surface area contributed by atoms with Crippen LogP contribution in [0, 0.1) is 6.92 Å². The highest BCUT2D eigenvalue weighted by Crippen LogP contribution is 2.31. The smallest absolute Gasteiger partial charge is 0.262 e. The van der Waals surface area contributed by atoms with Gasteiger partial charge < -0.3 is 4.90 Å². The summed E-state index contributed by atoms with van der Waals surface area (Å²) < 4.78 is 27.9. The average molecular weight is 387 g/mol. The van der Waals surface area contributed by atoms with E-state index in [2.05, 4.69) is 16.5 Å². The summed E-state index contributed by atoms with van der Waals surface area (Å²) in [6, 6.07) is 10.6. The molecule has 24 heavy (non-hydrogen) atoms. The summed E-state index contributed by atoms with van der Waals surface area (Å²) in [5.74, 6) is 0. The lowest BCUT2D eigenvalue weighted by Crippen LogP contribution is -2.19. The number of hydrogen-bond donors (Lipinski definition) is 1. The highest BCUT2D eigenvalue weighted by atomic mass is 35.5. The van der Waals surface area contributed by atoms with Crippen LogP contribution in [-0.2, 0) is 16.4 Å². The number of nitrogens with zero attached hydrogens (tertiary/aromatic N) is 1. The second-order valence-corrected chi connectivity index (χ2v) is 7.70. The van der Waals surface area contributed by atoms with Gasteiger partial charge in [-0.25, -0.2) is 8.42 Å². The maximum Gasteiger partial charge on any atom is 0.262 e. The second-order valence-electron chi connectivity index (χ2n) is 5.64. The Bertz CT molecular complexity index is 854. The molecular formula is C17H20Cl2N2O2S. The lowest BCUT2D eigenvalue weighted by Gasteiger charge is -2.17. The fraction of sp³-hybridized carbons (Fsp3) is 0.294. The van der Waals surface area contributed by atoms with Crippen molar-refractivity contribution in [2.45, 2.75) is 25.2 Å². The first-order valence-corrected chi connectivity index (χ1v) is 9.44. The minimum Gasteiger partial charge on any atom is -0.371 e. The van der Waals surface area contributed by atoms with Crippen molar-refractivity contribution in [1.29, 1.82) is 0 Å². The summed E-state index contributed by atoms with van der Waals surface area (Å²) in [5, 5.41) is 0.445. The number of benzene rings is 2. The van der Waals surface area contributed by atoms with Gasteiger partial charge in [-0.3, -0.25) is 4.72 Å². The number of fused-ring (bicyclic) bond motifs is 1. The Morgan fingerprint density at radius 1 is 1.25 bits per heavy atom. The molecule has 7 heteroatoms. The summed E-state index contributed by atoms with van der Waals surface area (Å²) in [7, 11) is -3.65. The van der Waals surface area contributed by atoms with Gasteiger partial charge in [0.2, 0.25) is 0 Å². The van der Waals surface area contributed by atoms with Crippen molar-refractivity contribution in [3.8, 4) is 0 Å². The van der Waals surface area contributed by atoms with Crippen LogP contribution < -0.4 is 9.62 Å². The molecule has 0 saturated heterocycles. The Kier molecular flexibility index (Phi) is 5.68. The number of rotatable bonds is 4. The van der Waals surface area contributed by atoms with Crippen LogP contribution in [0.1, 0.15) is 18.1 Å². The molecule has 0 saturated carbocycles. The Morgan fingerprint density at radius 2 is 2.00 bits per heavy atom. The first-order chi connectivity index (χ1) is 10.9. The number of anilines is 2. The summed E-state index contributed by atoms with van der Waals surface area (Å²) in [4.78, 5) is 2.50. The molecule has 2 aromatic rings. The molecule has 3 rings (SSSR count). The average Bonchev–Trinajstić information content (AvgIpc) is 2.91. The zero-order chi connectivity index (χ0) is 16.6. The van der Waals surface area contributed by atoms with E-state index < -0.39 is 10.0 Å². The van der Waals surface area contributed by atoms with Gasteiger partial charge in [0.25, 0.3) is 10.0 Å². The topological polar surface area (TPSA) is 49.4 Å². The van der Waals surface area contributed by atoms with Gasteiger partial charge in [-0.1, -0.05) is 17.7 Å². The van der Waals surface area contributed by atoms with Crippen LogP contribution in [0.5, 0.6) is 0 Å². The lowest BCUT2D eigenvalue weighted by molar-refractivity contribution is 0.600. The van der Waals surface area contributed by atoms with Crippen molar-refractivity contribution in [3.63, 3.8) is 0 Å². The standard InChI is InChI=1S/C17H19ClN2O2S.ClH/c1-3-20-10-9-13-11-14(7-8-16(13)20)19-23(21,22)17-6-4-5-15(18)12(17)2;/h4-8,11,19H,3,9-10H2,1-2H3;1H. The van der Waals surface area contributed by atoms with Gasteiger partial charge in [0.05, 0.1) is 4.90 Å². The molecule has 0 aliphatic carbocycles. The van der Waals surface area contributed by atoms with Gasteiger partial charge in [-0.2, -0.15) is 0 Å². The summed E-state index contributed by atoms with van der Waals surface area (Å²) in [6.07, 6.45) is 0.939. The zero-order valence-electron chi connectivity index (χ0n) is 13.5. The van der Waals surface area contributed by atoms with Crippen LogP contribution in [0.15, 0.2) is 41.3 Å². The van der Waals surface area contributed by atoms with Crippen molar-refractivity contribution in [2.24, 2.45) is 0 Å². The molecule has 1 aliphatic heterocycles. The molecule has 0 amide bonds.